The lowest BCUT2D eigenvalue weighted by molar-refractivity contribution is -0.371. The van der Waals surface area contributed by atoms with Gasteiger partial charge in [-0.2, -0.15) is 0 Å². The molecule has 2 amide bonds. The summed E-state index contributed by atoms with van der Waals surface area (Å²) in [5.74, 6) is -0.719. The number of carbonyl (C=O) groups excluding carboxylic acids is 2. The van der Waals surface area contributed by atoms with Gasteiger partial charge in [-0.05, 0) is 25.0 Å². The molecule has 3 rings (SSSR count). The molecule has 1 aliphatic carbocycles. The average molecular weight is 428 g/mol. The number of benzene rings is 1. The van der Waals surface area contributed by atoms with E-state index < -0.39 is 11.9 Å². The van der Waals surface area contributed by atoms with E-state index in [4.69, 9.17) is 26.1 Å². The highest BCUT2D eigenvalue weighted by molar-refractivity contribution is 6.30. The number of rotatable bonds is 9. The van der Waals surface area contributed by atoms with Gasteiger partial charge in [0.05, 0.1) is 5.02 Å². The zero-order valence-electron chi connectivity index (χ0n) is 15.7. The van der Waals surface area contributed by atoms with Gasteiger partial charge in [-0.25, -0.2) is 14.2 Å². The Morgan fingerprint density at radius 3 is 2.79 bits per heavy atom. The van der Waals surface area contributed by atoms with Gasteiger partial charge in [0.2, 0.25) is 0 Å². The maximum absolute atomic E-state index is 13.3. The van der Waals surface area contributed by atoms with E-state index in [9.17, 15) is 14.0 Å². The first-order valence-corrected chi connectivity index (χ1v) is 9.69. The quantitative estimate of drug-likeness (QED) is 0.518. The summed E-state index contributed by atoms with van der Waals surface area (Å²) < 4.78 is 18.5. The molecule has 10 heteroatoms. The fourth-order valence-electron chi connectivity index (χ4n) is 2.64. The van der Waals surface area contributed by atoms with Crippen molar-refractivity contribution in [3.05, 3.63) is 41.3 Å². The van der Waals surface area contributed by atoms with Crippen molar-refractivity contribution in [2.45, 2.75) is 31.6 Å². The van der Waals surface area contributed by atoms with E-state index in [0.717, 1.165) is 18.9 Å². The summed E-state index contributed by atoms with van der Waals surface area (Å²) in [6.45, 7) is 4.10. The summed E-state index contributed by atoms with van der Waals surface area (Å²) in [5, 5.41) is 8.38. The van der Waals surface area contributed by atoms with Crippen LogP contribution in [0, 0.1) is 11.7 Å². The van der Waals surface area contributed by atoms with E-state index in [1.165, 1.54) is 12.1 Å². The zero-order chi connectivity index (χ0) is 20.8. The van der Waals surface area contributed by atoms with Crippen molar-refractivity contribution in [1.29, 1.82) is 0 Å². The molecular formula is C19H23ClFN3O5. The summed E-state index contributed by atoms with van der Waals surface area (Å²) in [6.07, 6.45) is 1.62. The van der Waals surface area contributed by atoms with Gasteiger partial charge in [0.25, 0.3) is 11.8 Å². The van der Waals surface area contributed by atoms with Gasteiger partial charge in [-0.3, -0.25) is 14.9 Å². The highest BCUT2D eigenvalue weighted by atomic mass is 35.5. The molecule has 3 N–H and O–H groups in total. The molecule has 0 spiro atoms. The van der Waals surface area contributed by atoms with Gasteiger partial charge in [-0.1, -0.05) is 18.2 Å². The summed E-state index contributed by atoms with van der Waals surface area (Å²) in [4.78, 5) is 34.3. The third-order valence-corrected chi connectivity index (χ3v) is 4.74. The minimum Gasteiger partial charge on any atom is -0.484 e. The van der Waals surface area contributed by atoms with Gasteiger partial charge >= 0.3 is 0 Å². The first kappa shape index (κ1) is 21.5. The molecule has 1 saturated carbocycles. The molecule has 2 atom stereocenters. The number of ether oxygens (including phenoxy) is 1. The summed E-state index contributed by atoms with van der Waals surface area (Å²) in [7, 11) is 0. The van der Waals surface area contributed by atoms with Crippen molar-refractivity contribution in [1.82, 2.24) is 16.0 Å². The summed E-state index contributed by atoms with van der Waals surface area (Å²) in [6, 6.07) is 3.92. The zero-order valence-corrected chi connectivity index (χ0v) is 16.5. The van der Waals surface area contributed by atoms with E-state index in [2.05, 4.69) is 22.5 Å². The Balaban J connectivity index is 1.28. The Labute approximate surface area is 172 Å². The molecule has 1 heterocycles. The molecule has 0 bridgehead atoms. The van der Waals surface area contributed by atoms with Crippen LogP contribution < -0.4 is 20.7 Å². The molecule has 1 aliphatic heterocycles. The van der Waals surface area contributed by atoms with Crippen LogP contribution in [0.25, 0.3) is 0 Å². The highest BCUT2D eigenvalue weighted by Gasteiger charge is 2.38. The Morgan fingerprint density at radius 2 is 2.14 bits per heavy atom. The van der Waals surface area contributed by atoms with Crippen LogP contribution in [0.15, 0.2) is 30.5 Å². The number of hydrogen-bond donors (Lipinski definition) is 3. The van der Waals surface area contributed by atoms with Crippen molar-refractivity contribution >= 4 is 23.4 Å². The second kappa shape index (κ2) is 10.0. The average Bonchev–Trinajstić information content (AvgIpc) is 3.54. The molecule has 1 aromatic rings. The lowest BCUT2D eigenvalue weighted by Gasteiger charge is -2.28. The van der Waals surface area contributed by atoms with Crippen molar-refractivity contribution in [2.24, 2.45) is 5.92 Å². The standard InChI is InChI=1S/C19H23ClFN3O5/c1-11(24-18(26)16-9-23-19(29-28-16)12-2-3-12)6-7-22-17(25)10-27-13-4-5-14(20)15(21)8-13/h4-5,8,12,16,19,23H,1-3,6-7,9-10H2,(H,22,25)(H,24,26). The summed E-state index contributed by atoms with van der Waals surface area (Å²) in [5.41, 5.74) is 0.434. The van der Waals surface area contributed by atoms with Crippen molar-refractivity contribution < 1.29 is 28.5 Å². The van der Waals surface area contributed by atoms with Crippen molar-refractivity contribution in [3.8, 4) is 5.75 Å². The SMILES string of the molecule is C=C(CCNC(=O)COc1ccc(Cl)c(F)c1)NC(=O)C1CNC(C2CC2)OO1. The fraction of sp³-hybridized carbons (Fsp3) is 0.474. The second-order valence-electron chi connectivity index (χ2n) is 6.90. The van der Waals surface area contributed by atoms with Crippen LogP contribution in [0.2, 0.25) is 5.02 Å². The minimum absolute atomic E-state index is 0.0222. The van der Waals surface area contributed by atoms with Crippen LogP contribution in [0.5, 0.6) is 5.75 Å². The predicted molar refractivity (Wildman–Crippen MR) is 102 cm³/mol. The molecule has 158 valence electrons. The molecule has 29 heavy (non-hydrogen) atoms. The van der Waals surface area contributed by atoms with Crippen LogP contribution >= 0.6 is 11.6 Å². The number of carbonyl (C=O) groups is 2. The normalized spacial score (nSPS) is 21.3. The molecular weight excluding hydrogens is 405 g/mol. The van der Waals surface area contributed by atoms with Crippen LogP contribution in [-0.4, -0.2) is 43.8 Å². The predicted octanol–water partition coefficient (Wildman–Crippen LogP) is 1.65. The van der Waals surface area contributed by atoms with E-state index in [-0.39, 0.29) is 42.0 Å². The van der Waals surface area contributed by atoms with E-state index in [1.54, 1.807) is 0 Å². The topological polar surface area (TPSA) is 97.9 Å². The third-order valence-electron chi connectivity index (χ3n) is 4.43. The van der Waals surface area contributed by atoms with Crippen molar-refractivity contribution in [3.63, 3.8) is 0 Å². The molecule has 2 aliphatic rings. The number of amides is 2. The molecule has 8 nitrogen and oxygen atoms in total. The molecule has 2 unspecified atom stereocenters. The third kappa shape index (κ3) is 6.67. The van der Waals surface area contributed by atoms with Crippen LogP contribution in [0.1, 0.15) is 19.3 Å². The lowest BCUT2D eigenvalue weighted by atomic mass is 10.2. The van der Waals surface area contributed by atoms with Gasteiger partial charge in [0.1, 0.15) is 17.8 Å². The molecule has 2 fully saturated rings. The van der Waals surface area contributed by atoms with Crippen molar-refractivity contribution in [2.75, 3.05) is 19.7 Å². The fourth-order valence-corrected chi connectivity index (χ4v) is 2.75. The minimum atomic E-state index is -0.760. The van der Waals surface area contributed by atoms with E-state index in [0.29, 0.717) is 24.6 Å². The molecule has 0 aromatic heterocycles. The first-order valence-electron chi connectivity index (χ1n) is 9.31. The Hall–Kier alpha value is -2.20. The van der Waals surface area contributed by atoms with Crippen LogP contribution in [0.4, 0.5) is 4.39 Å². The Kier molecular flexibility index (Phi) is 7.43. The maximum Gasteiger partial charge on any atom is 0.257 e. The second-order valence-corrected chi connectivity index (χ2v) is 7.31. The highest BCUT2D eigenvalue weighted by Crippen LogP contribution is 2.34. The van der Waals surface area contributed by atoms with Gasteiger partial charge in [-0.15, -0.1) is 0 Å². The van der Waals surface area contributed by atoms with Gasteiger partial charge < -0.3 is 15.4 Å². The lowest BCUT2D eigenvalue weighted by Crippen LogP contribution is -2.51. The van der Waals surface area contributed by atoms with Crippen LogP contribution in [-0.2, 0) is 19.4 Å². The smallest absolute Gasteiger partial charge is 0.257 e. The first-order chi connectivity index (χ1) is 13.9. The Bertz CT molecular complexity index is 766. The van der Waals surface area contributed by atoms with Crippen LogP contribution in [0.3, 0.4) is 0 Å². The largest absolute Gasteiger partial charge is 0.484 e. The molecule has 0 radical (unpaired) electrons. The number of halogens is 2. The van der Waals surface area contributed by atoms with E-state index in [1.807, 2.05) is 0 Å². The maximum atomic E-state index is 13.3. The van der Waals surface area contributed by atoms with Gasteiger partial charge in [0.15, 0.2) is 12.7 Å². The monoisotopic (exact) mass is 427 g/mol. The summed E-state index contributed by atoms with van der Waals surface area (Å²) >= 11 is 5.58. The number of nitrogens with one attached hydrogen (secondary N) is 3. The molecule has 1 saturated heterocycles. The Morgan fingerprint density at radius 1 is 1.34 bits per heavy atom. The number of hydrogen-bond acceptors (Lipinski definition) is 6. The van der Waals surface area contributed by atoms with E-state index >= 15 is 0 Å². The molecule has 1 aromatic carbocycles. The van der Waals surface area contributed by atoms with Gasteiger partial charge in [0, 0.05) is 37.2 Å².